The van der Waals surface area contributed by atoms with Gasteiger partial charge in [0, 0.05) is 25.7 Å². The normalized spacial score (nSPS) is 27.7. The van der Waals surface area contributed by atoms with E-state index in [2.05, 4.69) is 22.3 Å². The van der Waals surface area contributed by atoms with Crippen LogP contribution < -0.4 is 5.32 Å². The summed E-state index contributed by atoms with van der Waals surface area (Å²) in [4.78, 5) is 27.0. The fourth-order valence-electron chi connectivity index (χ4n) is 4.71. The average Bonchev–Trinajstić information content (AvgIpc) is 3.17. The number of esters is 1. The van der Waals surface area contributed by atoms with Crippen LogP contribution in [0.25, 0.3) is 0 Å². The summed E-state index contributed by atoms with van der Waals surface area (Å²) in [5.74, 6) is -0.305. The zero-order valence-electron chi connectivity index (χ0n) is 17.4. The number of alkyl carbamates (subject to hydrolysis) is 1. The summed E-state index contributed by atoms with van der Waals surface area (Å²) in [6, 6.07) is 10.3. The number of amides is 1. The number of hydrogen-bond acceptors (Lipinski definition) is 5. The lowest BCUT2D eigenvalue weighted by Gasteiger charge is -2.29. The number of nitrogens with one attached hydrogen (secondary N) is 1. The average molecular weight is 389 g/mol. The maximum atomic E-state index is 12.5. The number of carbonyl (C=O) groups excluding carboxylic acids is 2. The molecule has 154 valence electrons. The van der Waals surface area contributed by atoms with Crippen LogP contribution in [0.5, 0.6) is 0 Å². The van der Waals surface area contributed by atoms with E-state index in [0.29, 0.717) is 6.54 Å². The molecule has 0 bridgehead atoms. The van der Waals surface area contributed by atoms with E-state index >= 15 is 0 Å². The maximum absolute atomic E-state index is 12.5. The van der Waals surface area contributed by atoms with E-state index in [9.17, 15) is 9.59 Å². The molecule has 6 heteroatoms. The van der Waals surface area contributed by atoms with Gasteiger partial charge in [-0.05, 0) is 51.0 Å². The van der Waals surface area contributed by atoms with Gasteiger partial charge in [0.25, 0.3) is 0 Å². The molecule has 6 nitrogen and oxygen atoms in total. The summed E-state index contributed by atoms with van der Waals surface area (Å²) in [6.45, 7) is 7.92. The topological polar surface area (TPSA) is 67.9 Å². The van der Waals surface area contributed by atoms with E-state index in [0.717, 1.165) is 32.4 Å². The van der Waals surface area contributed by atoms with Crippen LogP contribution in [0.3, 0.4) is 0 Å². The highest BCUT2D eigenvalue weighted by atomic mass is 16.6. The van der Waals surface area contributed by atoms with Gasteiger partial charge in [0.2, 0.25) is 0 Å². The van der Waals surface area contributed by atoms with Crippen molar-refractivity contribution < 1.29 is 19.1 Å². The van der Waals surface area contributed by atoms with Gasteiger partial charge >= 0.3 is 12.1 Å². The molecular weight excluding hydrogens is 356 g/mol. The van der Waals surface area contributed by atoms with Gasteiger partial charge in [-0.1, -0.05) is 30.3 Å². The quantitative estimate of drug-likeness (QED) is 0.801. The van der Waals surface area contributed by atoms with Crippen molar-refractivity contribution in [3.63, 3.8) is 0 Å². The van der Waals surface area contributed by atoms with Crippen molar-refractivity contribution in [3.8, 4) is 0 Å². The SMILES string of the molecule is COC(=O)C1CN(Cc2ccccc2)C[C@]12CC[C@H](NC(=O)OC(C)(C)C)C2. The molecule has 1 amide bonds. The number of nitrogens with zero attached hydrogens (tertiary/aromatic N) is 1. The lowest BCUT2D eigenvalue weighted by molar-refractivity contribution is -0.148. The van der Waals surface area contributed by atoms with Crippen LogP contribution in [-0.2, 0) is 20.8 Å². The molecule has 1 saturated carbocycles. The third kappa shape index (κ3) is 4.85. The minimum atomic E-state index is -0.519. The molecule has 2 aliphatic rings. The van der Waals surface area contributed by atoms with E-state index in [4.69, 9.17) is 9.47 Å². The highest BCUT2D eigenvalue weighted by molar-refractivity contribution is 5.74. The van der Waals surface area contributed by atoms with Gasteiger partial charge in [-0.2, -0.15) is 0 Å². The number of ether oxygens (including phenoxy) is 2. The van der Waals surface area contributed by atoms with Crippen molar-refractivity contribution >= 4 is 12.1 Å². The third-order valence-corrected chi connectivity index (χ3v) is 5.82. The lowest BCUT2D eigenvalue weighted by atomic mass is 9.76. The monoisotopic (exact) mass is 388 g/mol. The van der Waals surface area contributed by atoms with E-state index in [1.54, 1.807) is 0 Å². The smallest absolute Gasteiger partial charge is 0.407 e. The first kappa shape index (κ1) is 20.6. The van der Waals surface area contributed by atoms with Gasteiger partial charge in [0.15, 0.2) is 0 Å². The Morgan fingerprint density at radius 3 is 2.61 bits per heavy atom. The van der Waals surface area contributed by atoms with E-state index < -0.39 is 5.60 Å². The van der Waals surface area contributed by atoms with Crippen LogP contribution in [0, 0.1) is 11.3 Å². The molecule has 1 aliphatic carbocycles. The third-order valence-electron chi connectivity index (χ3n) is 5.82. The fraction of sp³-hybridized carbons (Fsp3) is 0.636. The van der Waals surface area contributed by atoms with E-state index in [-0.39, 0.29) is 29.4 Å². The minimum Gasteiger partial charge on any atom is -0.469 e. The van der Waals surface area contributed by atoms with Crippen LogP contribution in [-0.4, -0.2) is 48.8 Å². The molecule has 0 radical (unpaired) electrons. The van der Waals surface area contributed by atoms with Crippen LogP contribution in [0.4, 0.5) is 4.79 Å². The first-order valence-corrected chi connectivity index (χ1v) is 10.0. The zero-order chi connectivity index (χ0) is 20.4. The Labute approximate surface area is 167 Å². The predicted molar refractivity (Wildman–Crippen MR) is 107 cm³/mol. The highest BCUT2D eigenvalue weighted by Gasteiger charge is 2.54. The van der Waals surface area contributed by atoms with Crippen LogP contribution >= 0.6 is 0 Å². The van der Waals surface area contributed by atoms with E-state index in [1.807, 2.05) is 39.0 Å². The number of benzene rings is 1. The van der Waals surface area contributed by atoms with Gasteiger partial charge in [-0.15, -0.1) is 0 Å². The summed E-state index contributed by atoms with van der Waals surface area (Å²) < 4.78 is 10.5. The second-order valence-corrected chi connectivity index (χ2v) is 9.18. The number of methoxy groups -OCH3 is 1. The molecule has 1 unspecified atom stereocenters. The Hall–Kier alpha value is -2.08. The van der Waals surface area contributed by atoms with Crippen molar-refractivity contribution in [3.05, 3.63) is 35.9 Å². The molecule has 2 fully saturated rings. The van der Waals surface area contributed by atoms with Crippen LogP contribution in [0.1, 0.15) is 45.6 Å². The predicted octanol–water partition coefficient (Wildman–Crippen LogP) is 3.36. The lowest BCUT2D eigenvalue weighted by Crippen LogP contribution is -2.40. The van der Waals surface area contributed by atoms with Crippen LogP contribution in [0.2, 0.25) is 0 Å². The molecule has 0 aromatic heterocycles. The maximum Gasteiger partial charge on any atom is 0.407 e. The standard InChI is InChI=1S/C22H32N2O4/c1-21(2,3)28-20(26)23-17-10-11-22(12-17)15-24(14-18(22)19(25)27-4)13-16-8-6-5-7-9-16/h5-9,17-18H,10-15H2,1-4H3,(H,23,26)/t17-,18?,22+/m0/s1. The van der Waals surface area contributed by atoms with Crippen LogP contribution in [0.15, 0.2) is 30.3 Å². The van der Waals surface area contributed by atoms with Gasteiger partial charge in [0.1, 0.15) is 5.60 Å². The molecule has 1 aromatic carbocycles. The van der Waals surface area contributed by atoms with Crippen molar-refractivity contribution in [2.24, 2.45) is 11.3 Å². The summed E-state index contributed by atoms with van der Waals surface area (Å²) in [6.07, 6.45) is 2.14. The number of likely N-dealkylation sites (tertiary alicyclic amines) is 1. The number of rotatable bonds is 4. The van der Waals surface area contributed by atoms with Crippen molar-refractivity contribution in [2.45, 2.75) is 58.2 Å². The molecule has 1 heterocycles. The molecule has 1 spiro atoms. The fourth-order valence-corrected chi connectivity index (χ4v) is 4.71. The molecule has 1 aromatic rings. The Morgan fingerprint density at radius 1 is 1.25 bits per heavy atom. The zero-order valence-corrected chi connectivity index (χ0v) is 17.4. The number of hydrogen-bond donors (Lipinski definition) is 1. The van der Waals surface area contributed by atoms with Crippen molar-refractivity contribution in [1.29, 1.82) is 0 Å². The van der Waals surface area contributed by atoms with Gasteiger partial charge in [-0.3, -0.25) is 9.69 Å². The van der Waals surface area contributed by atoms with E-state index in [1.165, 1.54) is 12.7 Å². The van der Waals surface area contributed by atoms with Gasteiger partial charge in [-0.25, -0.2) is 4.79 Å². The summed E-state index contributed by atoms with van der Waals surface area (Å²) >= 11 is 0. The summed E-state index contributed by atoms with van der Waals surface area (Å²) in [5.41, 5.74) is 0.570. The van der Waals surface area contributed by atoms with Gasteiger partial charge < -0.3 is 14.8 Å². The second-order valence-electron chi connectivity index (χ2n) is 9.18. The van der Waals surface area contributed by atoms with Crippen molar-refractivity contribution in [2.75, 3.05) is 20.2 Å². The first-order chi connectivity index (χ1) is 13.2. The molecule has 3 rings (SSSR count). The molecular formula is C22H32N2O4. The van der Waals surface area contributed by atoms with Crippen molar-refractivity contribution in [1.82, 2.24) is 10.2 Å². The molecule has 28 heavy (non-hydrogen) atoms. The summed E-state index contributed by atoms with van der Waals surface area (Å²) in [7, 11) is 1.46. The first-order valence-electron chi connectivity index (χ1n) is 10.0. The Balaban J connectivity index is 1.67. The molecule has 1 N–H and O–H groups in total. The Morgan fingerprint density at radius 2 is 1.96 bits per heavy atom. The molecule has 1 saturated heterocycles. The molecule has 3 atom stereocenters. The Kier molecular flexibility index (Phi) is 5.98. The number of carbonyl (C=O) groups is 2. The Bertz CT molecular complexity index is 700. The second kappa shape index (κ2) is 8.11. The van der Waals surface area contributed by atoms with Gasteiger partial charge in [0.05, 0.1) is 13.0 Å². The summed E-state index contributed by atoms with van der Waals surface area (Å²) in [5, 5.41) is 3.00. The minimum absolute atomic E-state index is 0.0266. The molecule has 1 aliphatic heterocycles. The largest absolute Gasteiger partial charge is 0.469 e. The highest BCUT2D eigenvalue weighted by Crippen LogP contribution is 2.50.